The van der Waals surface area contributed by atoms with Crippen molar-refractivity contribution in [3.05, 3.63) is 0 Å². The van der Waals surface area contributed by atoms with Crippen molar-refractivity contribution in [1.29, 1.82) is 0 Å². The smallest absolute Gasteiger partial charge is 1.00 e. The van der Waals surface area contributed by atoms with Gasteiger partial charge >= 0.3 is 35.5 Å². The van der Waals surface area contributed by atoms with Crippen LogP contribution in [0.25, 0.3) is 0 Å². The molecule has 0 fully saturated rings. The van der Waals surface area contributed by atoms with Gasteiger partial charge in [-0.05, 0) is 0 Å². The van der Waals surface area contributed by atoms with Crippen LogP contribution in [0.15, 0.2) is 0 Å². The number of aliphatic carboxylic acids is 1. The summed E-state index contributed by atoms with van der Waals surface area (Å²) in [5, 5.41) is 15.8. The molecule has 0 spiro atoms. The summed E-state index contributed by atoms with van der Waals surface area (Å²) in [5.74, 6) is -1.70. The molecule has 5 nitrogen and oxygen atoms in total. The van der Waals surface area contributed by atoms with Crippen LogP contribution in [0.4, 0.5) is 0 Å². The fraction of sp³-hybridized carbons (Fsp3) is 0.500. The summed E-state index contributed by atoms with van der Waals surface area (Å²) in [5.41, 5.74) is -2.19. The second-order valence-corrected chi connectivity index (χ2v) is 1.97. The van der Waals surface area contributed by atoms with Gasteiger partial charge in [-0.1, -0.05) is 0 Å². The molecule has 0 aliphatic heterocycles. The summed E-state index contributed by atoms with van der Waals surface area (Å²) >= 11 is -2.68. The van der Waals surface area contributed by atoms with E-state index in [1.54, 1.807) is 0 Å². The maximum absolute atomic E-state index is 9.62. The molecule has 2 atom stereocenters. The van der Waals surface area contributed by atoms with Gasteiger partial charge in [-0.3, -0.25) is 0 Å². The van der Waals surface area contributed by atoms with Gasteiger partial charge in [0.15, 0.2) is 11.1 Å². The Morgan fingerprint density at radius 3 is 2.00 bits per heavy atom. The van der Waals surface area contributed by atoms with Crippen LogP contribution in [0.5, 0.6) is 0 Å². The molecule has 7 heteroatoms. The topological polar surface area (TPSA) is 94.8 Å². The molecule has 0 aromatic carbocycles. The molecule has 0 aromatic rings. The molecular weight excluding hydrogens is 159 g/mol. The summed E-state index contributed by atoms with van der Waals surface area (Å²) < 4.78 is 17.5. The molecule has 2 unspecified atom stereocenters. The molecule has 0 aromatic heterocycles. The molecule has 0 heterocycles. The van der Waals surface area contributed by atoms with E-state index in [1.165, 1.54) is 0 Å². The Labute approximate surface area is 77.1 Å². The SMILES string of the molecule is O=C(O)C(O)S(=O)O.[H-].[Na+]. The molecule has 9 heavy (non-hydrogen) atoms. The van der Waals surface area contributed by atoms with Gasteiger partial charge < -0.3 is 16.2 Å². The number of rotatable bonds is 2. The van der Waals surface area contributed by atoms with Gasteiger partial charge in [0.25, 0.3) is 5.44 Å². The average Bonchev–Trinajstić information content (AvgIpc) is 1.64. The minimum atomic E-state index is -2.68. The van der Waals surface area contributed by atoms with Crippen molar-refractivity contribution in [3.8, 4) is 0 Å². The number of carboxylic acid groups (broad SMARTS) is 1. The Hall–Kier alpha value is 0.540. The molecule has 3 N–H and O–H groups in total. The first-order chi connectivity index (χ1) is 3.55. The van der Waals surface area contributed by atoms with Crippen LogP contribution < -0.4 is 29.6 Å². The number of aliphatic hydroxyl groups is 1. The van der Waals surface area contributed by atoms with Crippen LogP contribution in [0.1, 0.15) is 1.43 Å². The molecule has 50 valence electrons. The van der Waals surface area contributed by atoms with Crippen molar-refractivity contribution in [1.82, 2.24) is 0 Å². The van der Waals surface area contributed by atoms with Gasteiger partial charge in [-0.2, -0.15) is 0 Å². The Morgan fingerprint density at radius 1 is 1.67 bits per heavy atom. The normalized spacial score (nSPS) is 15.3. The van der Waals surface area contributed by atoms with Gasteiger partial charge in [0.1, 0.15) is 0 Å². The van der Waals surface area contributed by atoms with Crippen LogP contribution in [0.2, 0.25) is 0 Å². The summed E-state index contributed by atoms with van der Waals surface area (Å²) in [6.07, 6.45) is 0. The van der Waals surface area contributed by atoms with Crippen LogP contribution >= 0.6 is 0 Å². The summed E-state index contributed by atoms with van der Waals surface area (Å²) in [6.45, 7) is 0. The van der Waals surface area contributed by atoms with E-state index < -0.39 is 22.5 Å². The van der Waals surface area contributed by atoms with Crippen LogP contribution in [0, 0.1) is 0 Å². The van der Waals surface area contributed by atoms with E-state index in [0.29, 0.717) is 0 Å². The second kappa shape index (κ2) is 5.33. The zero-order chi connectivity index (χ0) is 6.73. The first-order valence-corrected chi connectivity index (χ1v) is 2.73. The fourth-order valence-corrected chi connectivity index (χ4v) is 0.259. The van der Waals surface area contributed by atoms with Crippen molar-refractivity contribution in [2.45, 2.75) is 5.44 Å². The maximum atomic E-state index is 9.62. The third-order valence-corrected chi connectivity index (χ3v) is 0.986. The monoisotopic (exact) mass is 164 g/mol. The molecular formula is C2H5NaO5S. The molecule has 0 radical (unpaired) electrons. The first kappa shape index (κ1) is 12.2. The van der Waals surface area contributed by atoms with Crippen molar-refractivity contribution in [2.75, 3.05) is 0 Å². The van der Waals surface area contributed by atoms with Gasteiger partial charge in [0.05, 0.1) is 0 Å². The third kappa shape index (κ3) is 5.01. The Morgan fingerprint density at radius 2 is 2.00 bits per heavy atom. The number of carbonyl (C=O) groups is 1. The predicted molar refractivity (Wildman–Crippen MR) is 25.5 cm³/mol. The van der Waals surface area contributed by atoms with Crippen molar-refractivity contribution < 1.29 is 54.8 Å². The molecule has 0 saturated heterocycles. The van der Waals surface area contributed by atoms with E-state index in [-0.39, 0.29) is 31.0 Å². The predicted octanol–water partition coefficient (Wildman–Crippen LogP) is -4.27. The molecule has 0 aliphatic rings. The van der Waals surface area contributed by atoms with Gasteiger partial charge in [-0.15, -0.1) is 0 Å². The largest absolute Gasteiger partial charge is 1.00 e. The van der Waals surface area contributed by atoms with Crippen molar-refractivity contribution in [2.24, 2.45) is 0 Å². The maximum Gasteiger partial charge on any atom is 1.00 e. The van der Waals surface area contributed by atoms with E-state index in [4.69, 9.17) is 14.8 Å². The van der Waals surface area contributed by atoms with Gasteiger partial charge in [-0.25, -0.2) is 9.00 Å². The van der Waals surface area contributed by atoms with Crippen LogP contribution in [0.3, 0.4) is 0 Å². The quantitative estimate of drug-likeness (QED) is 0.283. The number of hydrogen-bond acceptors (Lipinski definition) is 3. The summed E-state index contributed by atoms with van der Waals surface area (Å²) in [6, 6.07) is 0. The third-order valence-electron chi connectivity index (χ3n) is 0.402. The average molecular weight is 164 g/mol. The Kier molecular flexibility index (Phi) is 7.25. The van der Waals surface area contributed by atoms with Gasteiger partial charge in [0, 0.05) is 0 Å². The van der Waals surface area contributed by atoms with Crippen molar-refractivity contribution >= 4 is 17.0 Å². The number of carboxylic acids is 1. The minimum Gasteiger partial charge on any atom is -1.00 e. The van der Waals surface area contributed by atoms with Gasteiger partial charge in [0.2, 0.25) is 0 Å². The summed E-state index contributed by atoms with van der Waals surface area (Å²) in [4.78, 5) is 9.54. The zero-order valence-electron chi connectivity index (χ0n) is 5.64. The molecule has 0 rings (SSSR count). The van der Waals surface area contributed by atoms with E-state index in [1.807, 2.05) is 0 Å². The second-order valence-electron chi connectivity index (χ2n) is 0.967. The van der Waals surface area contributed by atoms with Crippen LogP contribution in [-0.2, 0) is 15.9 Å². The molecule has 0 aliphatic carbocycles. The van der Waals surface area contributed by atoms with Crippen LogP contribution in [-0.4, -0.2) is 30.4 Å². The van der Waals surface area contributed by atoms with E-state index in [9.17, 15) is 9.00 Å². The molecule has 0 bridgehead atoms. The zero-order valence-corrected chi connectivity index (χ0v) is 7.46. The standard InChI is InChI=1S/C2H4O5S.Na.H/c3-1(4)2(5)8(6)7;;/h2,5H,(H,3,4)(H,6,7);;/q;+1;-1. The fourth-order valence-electron chi connectivity index (χ4n) is 0.0862. The number of hydrogen-bond donors (Lipinski definition) is 3. The summed E-state index contributed by atoms with van der Waals surface area (Å²) in [7, 11) is 0. The Balaban J connectivity index is -0.000000245. The van der Waals surface area contributed by atoms with E-state index >= 15 is 0 Å². The molecule has 0 amide bonds. The van der Waals surface area contributed by atoms with Crippen molar-refractivity contribution in [3.63, 3.8) is 0 Å². The molecule has 0 saturated carbocycles. The number of aliphatic hydroxyl groups excluding tert-OH is 1. The van der Waals surface area contributed by atoms with E-state index in [2.05, 4.69) is 0 Å². The van der Waals surface area contributed by atoms with E-state index in [0.717, 1.165) is 0 Å². The minimum absolute atomic E-state index is 0. The first-order valence-electron chi connectivity index (χ1n) is 1.56. The Bertz CT molecular complexity index is 115.